The van der Waals surface area contributed by atoms with Crippen LogP contribution in [0.3, 0.4) is 0 Å². The topological polar surface area (TPSA) is 169 Å². The van der Waals surface area contributed by atoms with Crippen LogP contribution in [0.1, 0.15) is 190 Å². The molecule has 5 atom stereocenters. The second-order valence-electron chi connectivity index (χ2n) is 31.9. The number of aromatic nitrogens is 2. The van der Waals surface area contributed by atoms with Crippen LogP contribution < -0.4 is 32.0 Å². The molecule has 0 aliphatic carbocycles. The number of benzene rings is 4. The zero-order valence-corrected chi connectivity index (χ0v) is 57.9. The Hall–Kier alpha value is -8.80. The van der Waals surface area contributed by atoms with E-state index in [2.05, 4.69) is 208 Å². The minimum Gasteiger partial charge on any atom is -0.368 e. The molecule has 12 heterocycles. The molecule has 4 saturated heterocycles. The van der Waals surface area contributed by atoms with Crippen LogP contribution in [0.15, 0.2) is 133 Å². The molecule has 2 aromatic heterocycles. The summed E-state index contributed by atoms with van der Waals surface area (Å²) >= 11 is 0. The van der Waals surface area contributed by atoms with Gasteiger partial charge in [-0.05, 0) is 155 Å². The number of rotatable bonds is 12. The zero-order chi connectivity index (χ0) is 67.6. The predicted molar refractivity (Wildman–Crippen MR) is 378 cm³/mol. The van der Waals surface area contributed by atoms with Crippen molar-refractivity contribution in [3.05, 3.63) is 199 Å². The quantitative estimate of drug-likeness (QED) is 0.0878. The molecule has 0 bridgehead atoms. The Morgan fingerprint density at radius 2 is 0.732 bits per heavy atom. The van der Waals surface area contributed by atoms with Crippen LogP contribution in [0.25, 0.3) is 22.3 Å². The molecular formula is C81H88N8O8+2. The lowest BCUT2D eigenvalue weighted by molar-refractivity contribution is -0.834. The molecule has 0 saturated carbocycles. The molecule has 10 aliphatic rings. The van der Waals surface area contributed by atoms with Crippen LogP contribution in [-0.2, 0) is 65.7 Å². The first kappa shape index (κ1) is 63.0. The number of allylic oxidation sites excluding steroid dienone is 4. The highest BCUT2D eigenvalue weighted by molar-refractivity contribution is 6.32. The summed E-state index contributed by atoms with van der Waals surface area (Å²) in [7, 11) is 0. The van der Waals surface area contributed by atoms with Gasteiger partial charge in [0.05, 0.1) is 67.1 Å². The molecule has 5 unspecified atom stereocenters. The van der Waals surface area contributed by atoms with Crippen molar-refractivity contribution in [2.24, 2.45) is 0 Å². The minimum atomic E-state index is -1.33. The number of carbonyl (C=O) groups excluding carboxylic acids is 4. The molecule has 4 aromatic carbocycles. The highest BCUT2D eigenvalue weighted by Crippen LogP contribution is 2.56. The largest absolute Gasteiger partial charge is 0.553 e. The highest BCUT2D eigenvalue weighted by atomic mass is 16.5. The lowest BCUT2D eigenvalue weighted by atomic mass is 9.78. The van der Waals surface area contributed by atoms with Gasteiger partial charge in [-0.3, -0.25) is 19.2 Å². The standard InChI is InChI=1S/C81H86N8O8/c1-77(2,3)47-39-45(40-48(43-47)78(4,5)6)67-55-27-31-59-71(69-51(82-73(90)63-23-15-35-94-63)19-13-20-52(69)83-74(91)64-24-16-36-95-64)61-33-29-57-68(46-41-49(79(7,8)9)44-50(42-46)80(10,11)12)58-30-34-62-72(60-32-28-56(67)87(60)81(86(55)59,88(57)61)89(58)62)70-53(84-75(92)65-25-17-37-96-65)21-14-22-54(70)85-76(93)66-26-18-38-97-66/h13-14,19-22,27-34,39-44,63-66H,15-18,23-26,35-38H2,1-12H3,(H2-,82,83,84,85,90,91,92,93)/p+2. The molecule has 6 aromatic rings. The van der Waals surface area contributed by atoms with Gasteiger partial charge < -0.3 is 40.2 Å². The molecule has 4 amide bonds. The molecule has 10 aliphatic heterocycles. The van der Waals surface area contributed by atoms with Gasteiger partial charge in [0.25, 0.3) is 23.6 Å². The van der Waals surface area contributed by atoms with E-state index in [9.17, 15) is 19.2 Å². The van der Waals surface area contributed by atoms with Crippen LogP contribution in [-0.4, -0.2) is 104 Å². The van der Waals surface area contributed by atoms with E-state index in [4.69, 9.17) is 18.9 Å². The monoisotopic (exact) mass is 1300 g/mol. The summed E-state index contributed by atoms with van der Waals surface area (Å²) in [6.45, 7) is 29.3. The average molecular weight is 1300 g/mol. The molecule has 4 fully saturated rings. The Morgan fingerprint density at radius 1 is 0.402 bits per heavy atom. The summed E-state index contributed by atoms with van der Waals surface area (Å²) in [6.07, 6.45) is 11.8. The fourth-order valence-electron chi connectivity index (χ4n) is 16.2. The Kier molecular flexibility index (Phi) is 14.7. The third-order valence-corrected chi connectivity index (χ3v) is 21.2. The third kappa shape index (κ3) is 10.0. The van der Waals surface area contributed by atoms with E-state index >= 15 is 0 Å². The molecule has 97 heavy (non-hydrogen) atoms. The number of hydrogen-bond acceptors (Lipinski definition) is 8. The van der Waals surface area contributed by atoms with Crippen molar-refractivity contribution in [1.82, 2.24) is 9.13 Å². The Labute approximate surface area is 567 Å². The van der Waals surface area contributed by atoms with E-state index in [-0.39, 0.29) is 45.3 Å². The van der Waals surface area contributed by atoms with E-state index in [1.54, 1.807) is 0 Å². The summed E-state index contributed by atoms with van der Waals surface area (Å²) in [5.74, 6) is -2.35. The van der Waals surface area contributed by atoms with E-state index in [1.165, 1.54) is 22.3 Å². The molecule has 16 nitrogen and oxygen atoms in total. The first-order valence-corrected chi connectivity index (χ1v) is 35.0. The maximum Gasteiger partial charge on any atom is 0.553 e. The smallest absolute Gasteiger partial charge is 0.368 e. The van der Waals surface area contributed by atoms with E-state index in [0.717, 1.165) is 104 Å². The summed E-state index contributed by atoms with van der Waals surface area (Å²) in [5.41, 5.74) is 18.1. The van der Waals surface area contributed by atoms with Gasteiger partial charge in [-0.2, -0.15) is 9.13 Å². The summed E-state index contributed by atoms with van der Waals surface area (Å²) in [4.78, 5) is 59.1. The van der Waals surface area contributed by atoms with Crippen molar-refractivity contribution in [3.8, 4) is 0 Å². The molecule has 1 spiro atoms. The molecule has 16 heteroatoms. The fraction of sp³-hybridized carbons (Fsp3) is 0.407. The number of hydrogen-bond donors (Lipinski definition) is 4. The first-order valence-electron chi connectivity index (χ1n) is 35.0. The number of amides is 4. The van der Waals surface area contributed by atoms with E-state index in [1.807, 2.05) is 36.4 Å². The third-order valence-electron chi connectivity index (χ3n) is 21.2. The second kappa shape index (κ2) is 22.6. The number of nitrogens with one attached hydrogen (secondary N) is 4. The van der Waals surface area contributed by atoms with Crippen molar-refractivity contribution in [3.63, 3.8) is 0 Å². The van der Waals surface area contributed by atoms with Crippen LogP contribution >= 0.6 is 0 Å². The SMILES string of the molecule is CC(C)(C)c1cc(C2=C3C=CC4=[N+]3C35n6c2ccc6C(c2c(NC(=O)C6CCCO6)cccc2NC(=O)C2CCCO2)=C2C=CC(=[N+]23)C(c2cc(C(C)(C)C)cc(C(C)(C)C)c2)=c2ccc(n25)=C4c2c(NC(=O)C3CCCO3)cccc2NC(=O)C2CCCO2)cc(C(C)(C)C)c1. The summed E-state index contributed by atoms with van der Waals surface area (Å²) in [6, 6.07) is 34.7. The van der Waals surface area contributed by atoms with Crippen LogP contribution in [0.5, 0.6) is 0 Å². The molecule has 0 radical (unpaired) electrons. The van der Waals surface area contributed by atoms with Gasteiger partial charge in [0.15, 0.2) is 0 Å². The highest BCUT2D eigenvalue weighted by Gasteiger charge is 2.73. The van der Waals surface area contributed by atoms with Gasteiger partial charge in [-0.25, -0.2) is 0 Å². The Morgan fingerprint density at radius 3 is 1.09 bits per heavy atom. The number of nitrogens with zero attached hydrogens (tertiary/aromatic N) is 4. The predicted octanol–water partition coefficient (Wildman–Crippen LogP) is 12.1. The number of anilines is 4. The summed E-state index contributed by atoms with van der Waals surface area (Å²) < 4.78 is 34.3. The van der Waals surface area contributed by atoms with Crippen LogP contribution in [0.2, 0.25) is 0 Å². The van der Waals surface area contributed by atoms with E-state index in [0.29, 0.717) is 86.0 Å². The molecular weight excluding hydrogens is 1210 g/mol. The lowest BCUT2D eigenvalue weighted by Crippen LogP contribution is -2.71. The van der Waals surface area contributed by atoms with Crippen molar-refractivity contribution in [2.45, 2.75) is 186 Å². The van der Waals surface area contributed by atoms with Crippen LogP contribution in [0, 0.1) is 0 Å². The van der Waals surface area contributed by atoms with Gasteiger partial charge in [0, 0.05) is 61.9 Å². The molecule has 16 rings (SSSR count). The van der Waals surface area contributed by atoms with Crippen LogP contribution in [0.4, 0.5) is 22.7 Å². The molecule has 498 valence electrons. The molecule has 4 N–H and O–H groups in total. The fourth-order valence-corrected chi connectivity index (χ4v) is 16.2. The minimum absolute atomic E-state index is 0.244. The Balaban J connectivity index is 1.08. The summed E-state index contributed by atoms with van der Waals surface area (Å²) in [5, 5.41) is 15.3. The normalized spacial score (nSPS) is 22.9. The van der Waals surface area contributed by atoms with Gasteiger partial charge >= 0.3 is 5.91 Å². The van der Waals surface area contributed by atoms with Crippen molar-refractivity contribution in [1.29, 1.82) is 0 Å². The lowest BCUT2D eigenvalue weighted by Gasteiger charge is -2.41. The second-order valence-corrected chi connectivity index (χ2v) is 31.9. The maximum absolute atomic E-state index is 14.8. The van der Waals surface area contributed by atoms with Gasteiger partial charge in [0.1, 0.15) is 24.4 Å². The van der Waals surface area contributed by atoms with Crippen molar-refractivity contribution < 1.29 is 47.3 Å². The Bertz CT molecular complexity index is 4630. The number of carbonyl (C=O) groups is 4. The van der Waals surface area contributed by atoms with E-state index < -0.39 is 30.3 Å². The van der Waals surface area contributed by atoms with Gasteiger partial charge in [-0.15, -0.1) is 0 Å². The average Bonchev–Trinajstić information content (AvgIpc) is 1.52. The van der Waals surface area contributed by atoms with Crippen molar-refractivity contribution in [2.75, 3.05) is 47.7 Å². The van der Waals surface area contributed by atoms with Crippen molar-refractivity contribution >= 4 is 80.1 Å². The number of ether oxygens (including phenoxy) is 4. The van der Waals surface area contributed by atoms with Gasteiger partial charge in [0.2, 0.25) is 22.8 Å². The first-order chi connectivity index (χ1) is 46.3. The van der Waals surface area contributed by atoms with Gasteiger partial charge in [-0.1, -0.05) is 141 Å². The zero-order valence-electron chi connectivity index (χ0n) is 57.9. The maximum atomic E-state index is 14.8.